The Morgan fingerprint density at radius 3 is 2.47 bits per heavy atom. The highest BCUT2D eigenvalue weighted by atomic mass is 32.1. The number of methoxy groups -OCH3 is 1. The lowest BCUT2D eigenvalue weighted by molar-refractivity contribution is -0.123. The van der Waals surface area contributed by atoms with E-state index >= 15 is 0 Å². The van der Waals surface area contributed by atoms with Crippen LogP contribution in [0.15, 0.2) is 53.3 Å². The number of fused-ring (bicyclic) bond motifs is 1. The van der Waals surface area contributed by atoms with Gasteiger partial charge in [0.15, 0.2) is 6.61 Å². The lowest BCUT2D eigenvalue weighted by Gasteiger charge is -2.09. The number of aromatic nitrogens is 3. The zero-order valence-electron chi connectivity index (χ0n) is 17.9. The number of amides is 1. The zero-order valence-corrected chi connectivity index (χ0v) is 18.7. The number of nitrogens with zero attached hydrogens (tertiary/aromatic N) is 3. The molecule has 0 spiro atoms. The smallest absolute Gasteiger partial charge is 0.275 e. The maximum atomic E-state index is 12.5. The van der Waals surface area contributed by atoms with Gasteiger partial charge in [0.1, 0.15) is 16.5 Å². The normalized spacial score (nSPS) is 10.8. The van der Waals surface area contributed by atoms with Gasteiger partial charge in [-0.05, 0) is 61.4 Å². The van der Waals surface area contributed by atoms with Crippen LogP contribution in [0.2, 0.25) is 0 Å². The standard InChI is InChI=1S/C23H22N4O4S/c1-14-8-15(2)10-19(9-14)31-13-20(28)24-12-17-11-21(29)27-23(25-17)32-22(26-27)16-4-6-18(30-3)7-5-16/h4-11H,12-13H2,1-3H3,(H,24,28). The molecule has 2 heterocycles. The molecule has 2 aromatic heterocycles. The topological polar surface area (TPSA) is 94.8 Å². The Labute approximate surface area is 188 Å². The number of hydrogen-bond donors (Lipinski definition) is 1. The fourth-order valence-electron chi connectivity index (χ4n) is 3.20. The Balaban J connectivity index is 1.42. The fourth-order valence-corrected chi connectivity index (χ4v) is 4.13. The molecule has 0 aliphatic carbocycles. The van der Waals surface area contributed by atoms with Crippen molar-refractivity contribution in [3.05, 3.63) is 75.7 Å². The van der Waals surface area contributed by atoms with Crippen LogP contribution in [0.4, 0.5) is 0 Å². The lowest BCUT2D eigenvalue weighted by Crippen LogP contribution is -2.29. The molecule has 4 rings (SSSR count). The van der Waals surface area contributed by atoms with Gasteiger partial charge in [-0.1, -0.05) is 17.4 Å². The van der Waals surface area contributed by atoms with E-state index in [1.54, 1.807) is 7.11 Å². The first-order valence-electron chi connectivity index (χ1n) is 9.93. The fraction of sp³-hybridized carbons (Fsp3) is 0.217. The molecule has 32 heavy (non-hydrogen) atoms. The van der Waals surface area contributed by atoms with E-state index in [-0.39, 0.29) is 24.6 Å². The van der Waals surface area contributed by atoms with Gasteiger partial charge in [0.2, 0.25) is 4.96 Å². The van der Waals surface area contributed by atoms with Crippen molar-refractivity contribution in [2.45, 2.75) is 20.4 Å². The molecule has 8 nitrogen and oxygen atoms in total. The summed E-state index contributed by atoms with van der Waals surface area (Å²) in [7, 11) is 1.60. The average Bonchev–Trinajstić information content (AvgIpc) is 3.20. The van der Waals surface area contributed by atoms with E-state index in [1.165, 1.54) is 21.9 Å². The van der Waals surface area contributed by atoms with Gasteiger partial charge in [-0.3, -0.25) is 9.59 Å². The molecule has 0 saturated heterocycles. The van der Waals surface area contributed by atoms with E-state index in [1.807, 2.05) is 56.3 Å². The maximum Gasteiger partial charge on any atom is 0.275 e. The third kappa shape index (κ3) is 4.94. The Bertz CT molecular complexity index is 1310. The van der Waals surface area contributed by atoms with Crippen molar-refractivity contribution in [3.8, 4) is 22.1 Å². The van der Waals surface area contributed by atoms with E-state index < -0.39 is 0 Å². The van der Waals surface area contributed by atoms with E-state index in [0.29, 0.717) is 21.4 Å². The summed E-state index contributed by atoms with van der Waals surface area (Å²) < 4.78 is 12.0. The van der Waals surface area contributed by atoms with E-state index in [9.17, 15) is 9.59 Å². The Hall–Kier alpha value is -3.72. The van der Waals surface area contributed by atoms with Gasteiger partial charge in [0.05, 0.1) is 19.3 Å². The van der Waals surface area contributed by atoms with E-state index in [4.69, 9.17) is 9.47 Å². The number of nitrogens with one attached hydrogen (secondary N) is 1. The summed E-state index contributed by atoms with van der Waals surface area (Å²) in [6, 6.07) is 14.6. The summed E-state index contributed by atoms with van der Waals surface area (Å²) in [6.45, 7) is 3.95. The molecule has 0 saturated carbocycles. The van der Waals surface area contributed by atoms with Crippen LogP contribution >= 0.6 is 11.3 Å². The Morgan fingerprint density at radius 1 is 1.06 bits per heavy atom. The number of carbonyl (C=O) groups excluding carboxylic acids is 1. The summed E-state index contributed by atoms with van der Waals surface area (Å²) in [4.78, 5) is 29.6. The molecule has 1 N–H and O–H groups in total. The predicted molar refractivity (Wildman–Crippen MR) is 122 cm³/mol. The molecule has 0 bridgehead atoms. The van der Waals surface area contributed by atoms with Crippen LogP contribution in [-0.2, 0) is 11.3 Å². The molecular formula is C23H22N4O4S. The summed E-state index contributed by atoms with van der Waals surface area (Å²) in [5.74, 6) is 1.09. The highest BCUT2D eigenvalue weighted by Gasteiger charge is 2.12. The Kier molecular flexibility index (Phi) is 6.18. The second-order valence-corrected chi connectivity index (χ2v) is 8.26. The predicted octanol–water partition coefficient (Wildman–Crippen LogP) is 3.14. The summed E-state index contributed by atoms with van der Waals surface area (Å²) in [5, 5.41) is 7.77. The molecule has 0 atom stereocenters. The molecule has 4 aromatic rings. The zero-order chi connectivity index (χ0) is 22.7. The lowest BCUT2D eigenvalue weighted by atomic mass is 10.1. The second kappa shape index (κ2) is 9.19. The molecule has 0 aliphatic rings. The SMILES string of the molecule is COc1ccc(-c2nn3c(=O)cc(CNC(=O)COc4cc(C)cc(C)c4)nc3s2)cc1. The molecule has 2 aromatic carbocycles. The van der Waals surface area contributed by atoms with Gasteiger partial charge in [-0.25, -0.2) is 4.98 Å². The third-order valence-electron chi connectivity index (χ3n) is 4.67. The number of hydrogen-bond acceptors (Lipinski definition) is 7. The molecule has 164 valence electrons. The van der Waals surface area contributed by atoms with Crippen molar-refractivity contribution in [1.82, 2.24) is 19.9 Å². The van der Waals surface area contributed by atoms with Gasteiger partial charge in [0, 0.05) is 11.6 Å². The molecule has 0 fully saturated rings. The highest BCUT2D eigenvalue weighted by Crippen LogP contribution is 2.26. The van der Waals surface area contributed by atoms with Crippen LogP contribution in [-0.4, -0.2) is 34.2 Å². The minimum atomic E-state index is -0.304. The monoisotopic (exact) mass is 450 g/mol. The highest BCUT2D eigenvalue weighted by molar-refractivity contribution is 7.19. The van der Waals surface area contributed by atoms with Crippen molar-refractivity contribution in [1.29, 1.82) is 0 Å². The number of rotatable bonds is 7. The molecule has 0 unspecified atom stereocenters. The quantitative estimate of drug-likeness (QED) is 0.465. The van der Waals surface area contributed by atoms with Crippen molar-refractivity contribution in [3.63, 3.8) is 0 Å². The van der Waals surface area contributed by atoms with Crippen LogP contribution in [0.1, 0.15) is 16.8 Å². The summed E-state index contributed by atoms with van der Waals surface area (Å²) in [5.41, 5.74) is 3.15. The second-order valence-electron chi connectivity index (χ2n) is 7.30. The molecule has 0 aliphatic heterocycles. The minimum absolute atomic E-state index is 0.119. The summed E-state index contributed by atoms with van der Waals surface area (Å²) in [6.07, 6.45) is 0. The van der Waals surface area contributed by atoms with Crippen molar-refractivity contribution in [2.24, 2.45) is 0 Å². The van der Waals surface area contributed by atoms with Gasteiger partial charge in [-0.15, -0.1) is 0 Å². The van der Waals surface area contributed by atoms with Gasteiger partial charge >= 0.3 is 0 Å². The van der Waals surface area contributed by atoms with Crippen LogP contribution in [0, 0.1) is 13.8 Å². The first-order valence-corrected chi connectivity index (χ1v) is 10.7. The first kappa shape index (κ1) is 21.5. The van der Waals surface area contributed by atoms with E-state index in [0.717, 1.165) is 22.4 Å². The van der Waals surface area contributed by atoms with Crippen molar-refractivity contribution in [2.75, 3.05) is 13.7 Å². The van der Waals surface area contributed by atoms with Crippen LogP contribution in [0.5, 0.6) is 11.5 Å². The summed E-state index contributed by atoms with van der Waals surface area (Å²) >= 11 is 1.30. The number of aryl methyl sites for hydroxylation is 2. The van der Waals surface area contributed by atoms with Crippen molar-refractivity contribution < 1.29 is 14.3 Å². The van der Waals surface area contributed by atoms with Gasteiger partial charge in [-0.2, -0.15) is 9.61 Å². The molecular weight excluding hydrogens is 428 g/mol. The minimum Gasteiger partial charge on any atom is -0.497 e. The maximum absolute atomic E-state index is 12.5. The van der Waals surface area contributed by atoms with Crippen LogP contribution in [0.3, 0.4) is 0 Å². The number of ether oxygens (including phenoxy) is 2. The number of carbonyl (C=O) groups is 1. The van der Waals surface area contributed by atoms with Crippen LogP contribution in [0.25, 0.3) is 15.5 Å². The molecule has 9 heteroatoms. The average molecular weight is 451 g/mol. The van der Waals surface area contributed by atoms with Gasteiger partial charge in [0.25, 0.3) is 11.5 Å². The van der Waals surface area contributed by atoms with E-state index in [2.05, 4.69) is 15.4 Å². The Morgan fingerprint density at radius 2 is 1.78 bits per heavy atom. The van der Waals surface area contributed by atoms with Gasteiger partial charge < -0.3 is 14.8 Å². The van der Waals surface area contributed by atoms with Crippen LogP contribution < -0.4 is 20.3 Å². The first-order chi connectivity index (χ1) is 15.4. The largest absolute Gasteiger partial charge is 0.497 e. The third-order valence-corrected chi connectivity index (χ3v) is 5.62. The molecule has 0 radical (unpaired) electrons. The molecule has 1 amide bonds. The van der Waals surface area contributed by atoms with Crippen molar-refractivity contribution >= 4 is 22.2 Å². The number of benzene rings is 2.